The minimum absolute atomic E-state index is 0.0252. The van der Waals surface area contributed by atoms with E-state index in [1.165, 1.54) is 26.5 Å². The Hall–Kier alpha value is -5.30. The van der Waals surface area contributed by atoms with Crippen LogP contribution in [0.15, 0.2) is 77.0 Å². The molecule has 1 aliphatic rings. The van der Waals surface area contributed by atoms with Crippen molar-refractivity contribution in [2.45, 2.75) is 32.7 Å². The summed E-state index contributed by atoms with van der Waals surface area (Å²) >= 11 is 0. The molecule has 0 bridgehead atoms. The Balaban J connectivity index is 1.42. The van der Waals surface area contributed by atoms with Crippen molar-refractivity contribution in [1.29, 1.82) is 0 Å². The van der Waals surface area contributed by atoms with E-state index in [0.717, 1.165) is 0 Å². The quantitative estimate of drug-likeness (QED) is 0.0908. The van der Waals surface area contributed by atoms with Crippen LogP contribution < -0.4 is 35.0 Å². The summed E-state index contributed by atoms with van der Waals surface area (Å²) in [6, 6.07) is 15.2. The predicted octanol–water partition coefficient (Wildman–Crippen LogP) is 3.93. The van der Waals surface area contributed by atoms with Gasteiger partial charge >= 0.3 is 12.0 Å². The second-order valence-electron chi connectivity index (χ2n) is 9.67. The van der Waals surface area contributed by atoms with E-state index in [0.29, 0.717) is 52.0 Å². The highest BCUT2D eigenvalue weighted by Crippen LogP contribution is 2.35. The van der Waals surface area contributed by atoms with E-state index < -0.39 is 24.3 Å². The zero-order chi connectivity index (χ0) is 32.3. The van der Waals surface area contributed by atoms with E-state index >= 15 is 0 Å². The number of carbonyl (C=O) groups is 2. The molecule has 238 valence electrons. The predicted molar refractivity (Wildman–Crippen MR) is 163 cm³/mol. The molecule has 0 aliphatic carbocycles. The summed E-state index contributed by atoms with van der Waals surface area (Å²) < 4.78 is 41.8. The summed E-state index contributed by atoms with van der Waals surface area (Å²) in [5.74, 6) is 0.475. The van der Waals surface area contributed by atoms with Gasteiger partial charge in [-0.15, -0.1) is 0 Å². The van der Waals surface area contributed by atoms with Crippen LogP contribution >= 0.6 is 0 Å². The van der Waals surface area contributed by atoms with Gasteiger partial charge in [-0.05, 0) is 49.7 Å². The highest BCUT2D eigenvalue weighted by Gasteiger charge is 2.32. The average molecular weight is 623 g/mol. The van der Waals surface area contributed by atoms with Gasteiger partial charge in [0.05, 0.1) is 38.7 Å². The zero-order valence-corrected chi connectivity index (χ0v) is 25.3. The number of para-hydroxylation sites is 1. The van der Waals surface area contributed by atoms with Crippen molar-refractivity contribution in [2.75, 3.05) is 27.4 Å². The number of amides is 2. The number of rotatable bonds is 14. The van der Waals surface area contributed by atoms with Crippen molar-refractivity contribution in [3.63, 3.8) is 0 Å². The van der Waals surface area contributed by atoms with Gasteiger partial charge in [0, 0.05) is 16.8 Å². The maximum atomic E-state index is 14.1. The zero-order valence-electron chi connectivity index (χ0n) is 25.3. The monoisotopic (exact) mass is 622 g/mol. The molecule has 1 aliphatic heterocycles. The third-order valence-corrected chi connectivity index (χ3v) is 6.66. The number of esters is 1. The molecule has 0 spiro atoms. The molecule has 1 heterocycles. The van der Waals surface area contributed by atoms with Gasteiger partial charge in [-0.1, -0.05) is 30.3 Å². The highest BCUT2D eigenvalue weighted by atomic mass is 19.1. The standard InChI is InChI=1S/C32H35FN4O8/c1-5-43-26-15-20(29-28(31(39)42-4)19(2)35-32(40)36-29)13-14-24(26)44-18-27(38)37-34-16-21-10-8-12-25(41-3)30(21)45-17-22-9-6-7-11-23(22)33/h6-16,27,29,37-38H,5,17-18H2,1-4H3,(H2,35,36,40)/b34-16+/t27-,29-/m1/s1. The number of hydrazone groups is 1. The van der Waals surface area contributed by atoms with Gasteiger partial charge in [0.2, 0.25) is 0 Å². The van der Waals surface area contributed by atoms with E-state index in [1.54, 1.807) is 68.4 Å². The van der Waals surface area contributed by atoms with Crippen molar-refractivity contribution in [3.05, 3.63) is 94.4 Å². The van der Waals surface area contributed by atoms with Gasteiger partial charge < -0.3 is 39.4 Å². The molecule has 2 atom stereocenters. The number of aliphatic hydroxyl groups excluding tert-OH is 1. The van der Waals surface area contributed by atoms with Crippen molar-refractivity contribution >= 4 is 18.2 Å². The summed E-state index contributed by atoms with van der Waals surface area (Å²) in [5, 5.41) is 19.9. The second-order valence-corrected chi connectivity index (χ2v) is 9.67. The minimum atomic E-state index is -1.22. The lowest BCUT2D eigenvalue weighted by Gasteiger charge is -2.28. The molecule has 0 aromatic heterocycles. The van der Waals surface area contributed by atoms with Crippen LogP contribution in [0.1, 0.15) is 36.6 Å². The van der Waals surface area contributed by atoms with Crippen molar-refractivity contribution < 1.29 is 42.8 Å². The molecule has 3 aromatic rings. The smallest absolute Gasteiger partial charge is 0.337 e. The Labute approximate surface area is 259 Å². The van der Waals surface area contributed by atoms with E-state index in [-0.39, 0.29) is 24.6 Å². The minimum Gasteiger partial charge on any atom is -0.493 e. The summed E-state index contributed by atoms with van der Waals surface area (Å²) in [7, 11) is 2.76. The number of halogens is 1. The molecule has 0 radical (unpaired) electrons. The normalized spacial score (nSPS) is 15.2. The number of urea groups is 1. The number of methoxy groups -OCH3 is 2. The van der Waals surface area contributed by atoms with E-state index in [4.69, 9.17) is 23.7 Å². The number of nitrogens with zero attached hydrogens (tertiary/aromatic N) is 1. The highest BCUT2D eigenvalue weighted by molar-refractivity contribution is 5.95. The molecule has 4 N–H and O–H groups in total. The SMILES string of the molecule is CCOc1cc([C@H]2NC(=O)NC(C)=C2C(=O)OC)ccc1OC[C@@H](O)N/N=C/c1cccc(OC)c1OCc1ccccc1F. The Kier molecular flexibility index (Phi) is 11.2. The number of allylic oxidation sites excluding steroid dienone is 1. The fraction of sp³-hybridized carbons (Fsp3) is 0.281. The summed E-state index contributed by atoms with van der Waals surface area (Å²) in [4.78, 5) is 24.6. The molecule has 4 rings (SSSR count). The molecule has 2 amide bonds. The third kappa shape index (κ3) is 8.21. The number of nitrogens with one attached hydrogen (secondary N) is 3. The van der Waals surface area contributed by atoms with Gasteiger partial charge in [0.1, 0.15) is 19.0 Å². The summed E-state index contributed by atoms with van der Waals surface area (Å²) in [6.45, 7) is 3.49. The lowest BCUT2D eigenvalue weighted by atomic mass is 9.95. The molecule has 0 saturated heterocycles. The van der Waals surface area contributed by atoms with Crippen LogP contribution in [0.4, 0.5) is 9.18 Å². The summed E-state index contributed by atoms with van der Waals surface area (Å²) in [6.07, 6.45) is 0.217. The van der Waals surface area contributed by atoms with E-state index in [2.05, 4.69) is 21.2 Å². The Bertz CT molecular complexity index is 1580. The maximum absolute atomic E-state index is 14.1. The number of carbonyl (C=O) groups excluding carboxylic acids is 2. The second kappa shape index (κ2) is 15.4. The number of hydrogen-bond acceptors (Lipinski definition) is 10. The van der Waals surface area contributed by atoms with Gasteiger partial charge in [-0.2, -0.15) is 5.10 Å². The number of aliphatic hydroxyl groups is 1. The van der Waals surface area contributed by atoms with Gasteiger partial charge in [-0.3, -0.25) is 5.43 Å². The van der Waals surface area contributed by atoms with E-state index in [9.17, 15) is 19.1 Å². The molecule has 0 saturated carbocycles. The lowest BCUT2D eigenvalue weighted by Crippen LogP contribution is -2.45. The maximum Gasteiger partial charge on any atom is 0.337 e. The molecular formula is C32H35FN4O8. The van der Waals surface area contributed by atoms with Crippen LogP contribution in [0.2, 0.25) is 0 Å². The fourth-order valence-electron chi connectivity index (χ4n) is 4.53. The Morgan fingerprint density at radius 3 is 2.60 bits per heavy atom. The van der Waals surface area contributed by atoms with Crippen LogP contribution in [-0.4, -0.2) is 57.0 Å². The average Bonchev–Trinajstić information content (AvgIpc) is 3.03. The van der Waals surface area contributed by atoms with Crippen LogP contribution in [0.25, 0.3) is 0 Å². The Morgan fingerprint density at radius 1 is 1.07 bits per heavy atom. The number of benzene rings is 3. The van der Waals surface area contributed by atoms with Gasteiger partial charge in [-0.25, -0.2) is 14.0 Å². The largest absolute Gasteiger partial charge is 0.493 e. The topological polar surface area (TPSA) is 149 Å². The molecule has 45 heavy (non-hydrogen) atoms. The van der Waals surface area contributed by atoms with Gasteiger partial charge in [0.25, 0.3) is 0 Å². The Morgan fingerprint density at radius 2 is 1.87 bits per heavy atom. The number of ether oxygens (including phenoxy) is 5. The first-order valence-corrected chi connectivity index (χ1v) is 14.0. The van der Waals surface area contributed by atoms with Crippen LogP contribution in [0.3, 0.4) is 0 Å². The lowest BCUT2D eigenvalue weighted by molar-refractivity contribution is -0.136. The van der Waals surface area contributed by atoms with Gasteiger partial charge in [0.15, 0.2) is 29.2 Å². The molecule has 3 aromatic carbocycles. The molecule has 0 unspecified atom stereocenters. The van der Waals surface area contributed by atoms with Crippen molar-refractivity contribution in [1.82, 2.24) is 16.1 Å². The summed E-state index contributed by atoms with van der Waals surface area (Å²) in [5.41, 5.74) is 4.69. The van der Waals surface area contributed by atoms with Crippen LogP contribution in [0.5, 0.6) is 23.0 Å². The van der Waals surface area contributed by atoms with Crippen LogP contribution in [-0.2, 0) is 16.1 Å². The molecule has 12 nitrogen and oxygen atoms in total. The first kappa shape index (κ1) is 32.6. The molecule has 0 fully saturated rings. The fourth-order valence-corrected chi connectivity index (χ4v) is 4.53. The third-order valence-electron chi connectivity index (χ3n) is 6.66. The number of hydrogen-bond donors (Lipinski definition) is 4. The van der Waals surface area contributed by atoms with Crippen LogP contribution in [0, 0.1) is 5.82 Å². The van der Waals surface area contributed by atoms with Crippen molar-refractivity contribution in [2.24, 2.45) is 5.10 Å². The molecule has 13 heteroatoms. The van der Waals surface area contributed by atoms with E-state index in [1.807, 2.05) is 0 Å². The first-order chi connectivity index (χ1) is 21.7. The first-order valence-electron chi connectivity index (χ1n) is 14.0. The van der Waals surface area contributed by atoms with Crippen molar-refractivity contribution in [3.8, 4) is 23.0 Å². The molecular weight excluding hydrogens is 587 g/mol.